The minimum absolute atomic E-state index is 0.0769. The number of carbonyl (C=O) groups is 1. The molecule has 2 aromatic rings. The Morgan fingerprint density at radius 2 is 1.90 bits per heavy atom. The van der Waals surface area contributed by atoms with Crippen LogP contribution in [0.15, 0.2) is 42.5 Å². The lowest BCUT2D eigenvalue weighted by Crippen LogP contribution is -2.13. The largest absolute Gasteiger partial charge is 0.479 e. The first-order chi connectivity index (χ1) is 10.1. The van der Waals surface area contributed by atoms with Crippen molar-refractivity contribution >= 4 is 11.6 Å². The monoisotopic (exact) mass is 288 g/mol. The fraction of sp³-hybridized carbons (Fsp3) is 0.0667. The van der Waals surface area contributed by atoms with Crippen molar-refractivity contribution in [2.24, 2.45) is 0 Å². The lowest BCUT2D eigenvalue weighted by molar-refractivity contribution is 0.102. The highest BCUT2D eigenvalue weighted by atomic mass is 19.1. The van der Waals surface area contributed by atoms with E-state index in [0.717, 1.165) is 12.1 Å². The van der Waals surface area contributed by atoms with Crippen LogP contribution in [0.4, 0.5) is 14.5 Å². The molecule has 4 nitrogen and oxygen atoms in total. The Labute approximate surface area is 119 Å². The highest BCUT2D eigenvalue weighted by molar-refractivity contribution is 6.04. The van der Waals surface area contributed by atoms with Crippen LogP contribution < -0.4 is 10.1 Å². The van der Waals surface area contributed by atoms with Crippen LogP contribution in [0.3, 0.4) is 0 Å². The zero-order valence-electron chi connectivity index (χ0n) is 10.8. The quantitative estimate of drug-likeness (QED) is 0.940. The van der Waals surface area contributed by atoms with E-state index in [1.54, 1.807) is 24.3 Å². The van der Waals surface area contributed by atoms with E-state index in [4.69, 9.17) is 10.00 Å². The summed E-state index contributed by atoms with van der Waals surface area (Å²) in [5.41, 5.74) is 0.175. The van der Waals surface area contributed by atoms with Crippen LogP contribution >= 0.6 is 0 Å². The number of nitrogens with zero attached hydrogens (tertiary/aromatic N) is 1. The fourth-order valence-electron chi connectivity index (χ4n) is 1.62. The lowest BCUT2D eigenvalue weighted by atomic mass is 10.2. The Morgan fingerprint density at radius 1 is 1.19 bits per heavy atom. The molecule has 0 aliphatic carbocycles. The van der Waals surface area contributed by atoms with E-state index in [2.05, 4.69) is 5.32 Å². The van der Waals surface area contributed by atoms with Crippen LogP contribution in [-0.2, 0) is 0 Å². The first kappa shape index (κ1) is 14.5. The summed E-state index contributed by atoms with van der Waals surface area (Å²) in [4.78, 5) is 11.9. The number of halogens is 2. The molecule has 0 aliphatic heterocycles. The van der Waals surface area contributed by atoms with Gasteiger partial charge in [0.2, 0.25) is 0 Å². The Bertz CT molecular complexity index is 694. The molecule has 0 saturated heterocycles. The SMILES string of the molecule is N#CCOc1ccc(NC(=O)c2ccc(F)cc2F)cc1. The average molecular weight is 288 g/mol. The number of rotatable bonds is 4. The van der Waals surface area contributed by atoms with Gasteiger partial charge in [-0.25, -0.2) is 8.78 Å². The second-order valence-electron chi connectivity index (χ2n) is 4.05. The topological polar surface area (TPSA) is 62.1 Å². The molecule has 0 aliphatic rings. The van der Waals surface area contributed by atoms with Crippen LogP contribution in [0.25, 0.3) is 0 Å². The van der Waals surface area contributed by atoms with Gasteiger partial charge in [-0.15, -0.1) is 0 Å². The van der Waals surface area contributed by atoms with Gasteiger partial charge in [0.25, 0.3) is 5.91 Å². The maximum atomic E-state index is 13.5. The first-order valence-electron chi connectivity index (χ1n) is 5.96. The molecule has 21 heavy (non-hydrogen) atoms. The second kappa shape index (κ2) is 6.48. The number of carbonyl (C=O) groups excluding carboxylic acids is 1. The zero-order valence-corrected chi connectivity index (χ0v) is 10.8. The Kier molecular flexibility index (Phi) is 4.46. The van der Waals surface area contributed by atoms with E-state index in [9.17, 15) is 13.6 Å². The summed E-state index contributed by atoms with van der Waals surface area (Å²) in [5.74, 6) is -1.88. The van der Waals surface area contributed by atoms with Gasteiger partial charge in [0, 0.05) is 11.8 Å². The van der Waals surface area contributed by atoms with E-state index >= 15 is 0 Å². The predicted molar refractivity (Wildman–Crippen MR) is 71.9 cm³/mol. The van der Waals surface area contributed by atoms with Gasteiger partial charge in [-0.3, -0.25) is 4.79 Å². The van der Waals surface area contributed by atoms with Gasteiger partial charge < -0.3 is 10.1 Å². The van der Waals surface area contributed by atoms with E-state index in [0.29, 0.717) is 17.5 Å². The van der Waals surface area contributed by atoms with Gasteiger partial charge in [0.1, 0.15) is 23.5 Å². The van der Waals surface area contributed by atoms with Gasteiger partial charge in [-0.2, -0.15) is 5.26 Å². The molecule has 0 saturated carbocycles. The van der Waals surface area contributed by atoms with Gasteiger partial charge in [0.15, 0.2) is 6.61 Å². The molecule has 0 spiro atoms. The molecule has 6 heteroatoms. The number of benzene rings is 2. The van der Waals surface area contributed by atoms with Crippen molar-refractivity contribution in [2.45, 2.75) is 0 Å². The maximum Gasteiger partial charge on any atom is 0.258 e. The molecular weight excluding hydrogens is 278 g/mol. The summed E-state index contributed by atoms with van der Waals surface area (Å²) in [6, 6.07) is 10.8. The third-order valence-corrected chi connectivity index (χ3v) is 2.59. The molecule has 0 aromatic heterocycles. The second-order valence-corrected chi connectivity index (χ2v) is 4.05. The van der Waals surface area contributed by atoms with Crippen LogP contribution in [0.5, 0.6) is 5.75 Å². The summed E-state index contributed by atoms with van der Waals surface area (Å²) >= 11 is 0. The molecule has 2 aromatic carbocycles. The Morgan fingerprint density at radius 3 is 2.52 bits per heavy atom. The van der Waals surface area contributed by atoms with E-state index in [1.165, 1.54) is 0 Å². The van der Waals surface area contributed by atoms with E-state index in [-0.39, 0.29) is 12.2 Å². The molecule has 2 rings (SSSR count). The highest BCUT2D eigenvalue weighted by Gasteiger charge is 2.12. The van der Waals surface area contributed by atoms with Crippen molar-refractivity contribution < 1.29 is 18.3 Å². The van der Waals surface area contributed by atoms with Crippen LogP contribution in [0.1, 0.15) is 10.4 Å². The zero-order chi connectivity index (χ0) is 15.2. The fourth-order valence-corrected chi connectivity index (χ4v) is 1.62. The first-order valence-corrected chi connectivity index (χ1v) is 5.96. The number of hydrogen-bond acceptors (Lipinski definition) is 3. The summed E-state index contributed by atoms with van der Waals surface area (Å²) in [7, 11) is 0. The smallest absolute Gasteiger partial charge is 0.258 e. The molecule has 0 radical (unpaired) electrons. The highest BCUT2D eigenvalue weighted by Crippen LogP contribution is 2.17. The van der Waals surface area contributed by atoms with Crippen molar-refractivity contribution in [3.05, 3.63) is 59.7 Å². The number of amides is 1. The molecule has 0 fully saturated rings. The summed E-state index contributed by atoms with van der Waals surface area (Å²) in [6.45, 7) is -0.0769. The maximum absolute atomic E-state index is 13.5. The normalized spacial score (nSPS) is 9.76. The van der Waals surface area contributed by atoms with E-state index < -0.39 is 17.5 Å². The average Bonchev–Trinajstić information content (AvgIpc) is 2.46. The van der Waals surface area contributed by atoms with Crippen molar-refractivity contribution in [1.82, 2.24) is 0 Å². The minimum atomic E-state index is -0.929. The number of ether oxygens (including phenoxy) is 1. The van der Waals surface area contributed by atoms with E-state index in [1.807, 2.05) is 6.07 Å². The third kappa shape index (κ3) is 3.76. The van der Waals surface area contributed by atoms with Crippen molar-refractivity contribution in [3.8, 4) is 11.8 Å². The number of nitrogens with one attached hydrogen (secondary N) is 1. The Hall–Kier alpha value is -2.94. The summed E-state index contributed by atoms with van der Waals surface area (Å²) in [5, 5.41) is 10.9. The third-order valence-electron chi connectivity index (χ3n) is 2.59. The minimum Gasteiger partial charge on any atom is -0.479 e. The number of nitriles is 1. The summed E-state index contributed by atoms with van der Waals surface area (Å²) < 4.78 is 31.3. The van der Waals surface area contributed by atoms with Crippen molar-refractivity contribution in [2.75, 3.05) is 11.9 Å². The predicted octanol–water partition coefficient (Wildman–Crippen LogP) is 3.12. The van der Waals surface area contributed by atoms with Crippen LogP contribution in [-0.4, -0.2) is 12.5 Å². The van der Waals surface area contributed by atoms with Gasteiger partial charge >= 0.3 is 0 Å². The molecule has 0 heterocycles. The van der Waals surface area contributed by atoms with Crippen molar-refractivity contribution in [3.63, 3.8) is 0 Å². The Balaban J connectivity index is 2.07. The molecule has 1 amide bonds. The van der Waals surface area contributed by atoms with Gasteiger partial charge in [-0.05, 0) is 36.4 Å². The van der Waals surface area contributed by atoms with Crippen LogP contribution in [0.2, 0.25) is 0 Å². The number of anilines is 1. The van der Waals surface area contributed by atoms with Crippen LogP contribution in [0, 0.1) is 23.0 Å². The molecule has 1 N–H and O–H groups in total. The molecule has 0 atom stereocenters. The lowest BCUT2D eigenvalue weighted by Gasteiger charge is -2.07. The molecule has 106 valence electrons. The van der Waals surface area contributed by atoms with Gasteiger partial charge in [0.05, 0.1) is 5.56 Å². The molecule has 0 unspecified atom stereocenters. The standard InChI is InChI=1S/C15H10F2N2O2/c16-10-1-6-13(14(17)9-10)15(20)19-11-2-4-12(5-3-11)21-8-7-18/h1-6,9H,8H2,(H,19,20). The molecule has 0 bridgehead atoms. The van der Waals surface area contributed by atoms with Crippen molar-refractivity contribution in [1.29, 1.82) is 5.26 Å². The summed E-state index contributed by atoms with van der Waals surface area (Å²) in [6.07, 6.45) is 0. The van der Waals surface area contributed by atoms with Gasteiger partial charge in [-0.1, -0.05) is 0 Å². The molecular formula is C15H10F2N2O2. The number of hydrogen-bond donors (Lipinski definition) is 1.